The lowest BCUT2D eigenvalue weighted by Crippen LogP contribution is -2.60. The highest BCUT2D eigenvalue weighted by Gasteiger charge is 2.41. The van der Waals surface area contributed by atoms with Crippen molar-refractivity contribution < 1.29 is 2.74 Å². The lowest BCUT2D eigenvalue weighted by Gasteiger charge is -2.39. The molecule has 8 aromatic rings. The molecule has 0 radical (unpaired) electrons. The van der Waals surface area contributed by atoms with E-state index in [2.05, 4.69) is 121 Å². The zero-order valence-corrected chi connectivity index (χ0v) is 32.9. The molecule has 0 unspecified atom stereocenters. The van der Waals surface area contributed by atoms with Crippen LogP contribution >= 0.6 is 0 Å². The first-order chi connectivity index (χ1) is 27.3. The van der Waals surface area contributed by atoms with Crippen molar-refractivity contribution in [3.05, 3.63) is 158 Å². The molecule has 0 fully saturated rings. The zero-order chi connectivity index (χ0) is 40.2. The number of benzene rings is 6. The van der Waals surface area contributed by atoms with E-state index in [0.29, 0.717) is 49.9 Å². The van der Waals surface area contributed by atoms with Crippen molar-refractivity contribution in [2.24, 2.45) is 0 Å². The van der Waals surface area contributed by atoms with Crippen LogP contribution in [0.5, 0.6) is 0 Å². The Labute approximate surface area is 326 Å². The van der Waals surface area contributed by atoms with E-state index in [1.807, 2.05) is 22.6 Å². The van der Waals surface area contributed by atoms with Crippen molar-refractivity contribution in [1.29, 1.82) is 0 Å². The number of hydrogen-bond donors (Lipinski definition) is 0. The molecule has 1 aliphatic rings. The maximum absolute atomic E-state index is 15.6. The third-order valence-electron chi connectivity index (χ3n) is 12.0. The van der Waals surface area contributed by atoms with Gasteiger partial charge in [-0.1, -0.05) is 128 Å². The van der Waals surface area contributed by atoms with Crippen molar-refractivity contribution in [1.82, 2.24) is 4.40 Å². The average Bonchev–Trinajstić information content (AvgIpc) is 3.19. The largest absolute Gasteiger partial charge is 0.311 e. The van der Waals surface area contributed by atoms with Crippen LogP contribution in [0.1, 0.15) is 104 Å². The molecule has 2 aromatic heterocycles. The van der Waals surface area contributed by atoms with Gasteiger partial charge in [-0.15, -0.1) is 0 Å². The highest BCUT2D eigenvalue weighted by molar-refractivity contribution is 7.00. The molecule has 0 saturated heterocycles. The van der Waals surface area contributed by atoms with Gasteiger partial charge < -0.3 is 9.30 Å². The molecule has 0 atom stereocenters. The Balaban J connectivity index is 1.57. The minimum Gasteiger partial charge on any atom is -0.311 e. The summed E-state index contributed by atoms with van der Waals surface area (Å²) in [6.45, 7) is 17.6. The Morgan fingerprint density at radius 3 is 1.71 bits per heavy atom. The summed E-state index contributed by atoms with van der Waals surface area (Å²) < 4.78 is 19.3. The molecule has 1 aliphatic heterocycles. The minimum absolute atomic E-state index is 0.188. The van der Waals surface area contributed by atoms with E-state index < -0.39 is 0 Å². The highest BCUT2D eigenvalue weighted by Crippen LogP contribution is 2.41. The molecule has 4 nitrogen and oxygen atoms in total. The first kappa shape index (κ1) is 32.7. The van der Waals surface area contributed by atoms with Gasteiger partial charge in [-0.3, -0.25) is 9.59 Å². The first-order valence-corrected chi connectivity index (χ1v) is 19.7. The van der Waals surface area contributed by atoms with Crippen LogP contribution in [-0.2, 0) is 0 Å². The number of pyridine rings is 2. The lowest BCUT2D eigenvalue weighted by molar-refractivity contribution is 0.812. The van der Waals surface area contributed by atoms with Crippen LogP contribution in [-0.4, -0.2) is 11.1 Å². The molecular weight excluding hydrogens is 671 g/mol. The quantitative estimate of drug-likeness (QED) is 0.0976. The summed E-state index contributed by atoms with van der Waals surface area (Å²) in [5.74, 6) is 1.06. The van der Waals surface area contributed by atoms with Gasteiger partial charge in [0.1, 0.15) is 0 Å². The van der Waals surface area contributed by atoms with E-state index >= 15 is 4.79 Å². The number of anilines is 3. The number of fused-ring (bicyclic) bond motifs is 7. The molecule has 5 heteroatoms. The van der Waals surface area contributed by atoms with Gasteiger partial charge in [0.15, 0.2) is 10.9 Å². The van der Waals surface area contributed by atoms with Gasteiger partial charge in [0, 0.05) is 38.6 Å². The molecule has 0 bridgehead atoms. The third-order valence-corrected chi connectivity index (χ3v) is 12.0. The molecule has 0 spiro atoms. The van der Waals surface area contributed by atoms with Crippen molar-refractivity contribution in [2.75, 3.05) is 4.90 Å². The summed E-state index contributed by atoms with van der Waals surface area (Å²) in [5, 5.41) is 1.78. The van der Waals surface area contributed by atoms with Crippen molar-refractivity contribution >= 4 is 78.3 Å². The molecule has 0 amide bonds. The average molecular weight is 721 g/mol. The molecule has 0 N–H and O–H groups in total. The molecular formula is C50H47BN2O2. The van der Waals surface area contributed by atoms with Crippen molar-refractivity contribution in [3.8, 4) is 0 Å². The number of nitrogens with zero attached hydrogens (tertiary/aromatic N) is 2. The van der Waals surface area contributed by atoms with E-state index in [1.165, 1.54) is 27.7 Å². The van der Waals surface area contributed by atoms with Gasteiger partial charge in [-0.2, -0.15) is 0 Å². The summed E-state index contributed by atoms with van der Waals surface area (Å²) in [5.41, 5.74) is 12.4. The fourth-order valence-electron chi connectivity index (χ4n) is 9.19. The van der Waals surface area contributed by atoms with Crippen LogP contribution in [0.25, 0.3) is 38.1 Å². The second-order valence-corrected chi connectivity index (χ2v) is 16.6. The summed E-state index contributed by atoms with van der Waals surface area (Å²) in [7, 11) is 0. The fraction of sp³-hybridized carbons (Fsp3) is 0.240. The summed E-state index contributed by atoms with van der Waals surface area (Å²) >= 11 is 0. The second-order valence-electron chi connectivity index (χ2n) is 16.6. The normalized spacial score (nSPS) is 13.6. The number of rotatable bonds is 6. The molecule has 272 valence electrons. The van der Waals surface area contributed by atoms with Gasteiger partial charge in [-0.25, -0.2) is 0 Å². The van der Waals surface area contributed by atoms with E-state index in [1.54, 1.807) is 24.3 Å². The maximum atomic E-state index is 15.6. The third kappa shape index (κ3) is 5.19. The van der Waals surface area contributed by atoms with Gasteiger partial charge in [0.05, 0.1) is 19.3 Å². The monoisotopic (exact) mass is 720 g/mol. The molecule has 9 rings (SSSR count). The smallest absolute Gasteiger partial charge is 0.248 e. The molecule has 0 aliphatic carbocycles. The molecule has 6 aromatic carbocycles. The van der Waals surface area contributed by atoms with E-state index in [0.717, 1.165) is 28.0 Å². The van der Waals surface area contributed by atoms with E-state index in [9.17, 15) is 4.79 Å². The SMILES string of the molecule is [2H]c1ccc2c(c1)c(=O)c1cc3c(c4c(=O)c5cc([2H])ccc5n2c14)B(c1c(C(C)C)cc(C(C)C)cc1C(C)C)c1ccccc1N3c1ccc(C(C)C)cc1. The van der Waals surface area contributed by atoms with Crippen LogP contribution in [0, 0.1) is 0 Å². The molecule has 3 heterocycles. The number of aromatic nitrogens is 1. The Morgan fingerprint density at radius 1 is 0.545 bits per heavy atom. The zero-order valence-electron chi connectivity index (χ0n) is 34.9. The van der Waals surface area contributed by atoms with Crippen molar-refractivity contribution in [2.45, 2.75) is 79.1 Å². The first-order valence-electron chi connectivity index (χ1n) is 20.7. The van der Waals surface area contributed by atoms with Gasteiger partial charge >= 0.3 is 0 Å². The predicted molar refractivity (Wildman–Crippen MR) is 236 cm³/mol. The summed E-state index contributed by atoms with van der Waals surface area (Å²) in [4.78, 5) is 32.8. The standard InChI is InChI=1S/C50H47BN2O2/c1-28(2)32-21-23-34(24-22-32)52-43-20-14-11-17-40(43)51(46-37(30(5)6)25-33(29(3)4)26-38(46)31(7)8)47-44(52)27-39-48-45(47)50(55)36-16-10-13-19-42(36)53(48)41-18-12-9-15-35(41)49(39)54/h9-31H,1-8H3/i9D,10D. The van der Waals surface area contributed by atoms with E-state index in [4.69, 9.17) is 2.74 Å². The van der Waals surface area contributed by atoms with Gasteiger partial charge in [-0.05, 0) is 105 Å². The number of hydrogen-bond acceptors (Lipinski definition) is 3. The predicted octanol–water partition coefficient (Wildman–Crippen LogP) is 10.4. The van der Waals surface area contributed by atoms with Crippen LogP contribution in [0.4, 0.5) is 17.1 Å². The Morgan fingerprint density at radius 2 is 1.13 bits per heavy atom. The Kier molecular flexibility index (Phi) is 7.72. The number of para-hydroxylation sites is 3. The van der Waals surface area contributed by atoms with E-state index in [-0.39, 0.29) is 41.5 Å². The van der Waals surface area contributed by atoms with Crippen LogP contribution in [0.3, 0.4) is 0 Å². The topological polar surface area (TPSA) is 41.8 Å². The minimum atomic E-state index is -0.350. The van der Waals surface area contributed by atoms with Crippen LogP contribution in [0.15, 0.2) is 125 Å². The Hall–Kier alpha value is -5.68. The highest BCUT2D eigenvalue weighted by atomic mass is 16.1. The van der Waals surface area contributed by atoms with Gasteiger partial charge in [0.25, 0.3) is 0 Å². The summed E-state index contributed by atoms with van der Waals surface area (Å²) in [6, 6.07) is 34.8. The lowest BCUT2D eigenvalue weighted by atomic mass is 9.32. The fourth-order valence-corrected chi connectivity index (χ4v) is 9.19. The molecule has 55 heavy (non-hydrogen) atoms. The summed E-state index contributed by atoms with van der Waals surface area (Å²) in [6.07, 6.45) is 0. The second kappa shape index (κ2) is 13.0. The van der Waals surface area contributed by atoms with Crippen LogP contribution < -0.4 is 32.1 Å². The Bertz CT molecular complexity index is 3010. The van der Waals surface area contributed by atoms with Crippen LogP contribution in [0.2, 0.25) is 0 Å². The van der Waals surface area contributed by atoms with Crippen molar-refractivity contribution in [3.63, 3.8) is 0 Å². The maximum Gasteiger partial charge on any atom is 0.248 e. The molecule has 0 saturated carbocycles. The van der Waals surface area contributed by atoms with Gasteiger partial charge in [0.2, 0.25) is 6.71 Å².